The predicted molar refractivity (Wildman–Crippen MR) is 152 cm³/mol. The summed E-state index contributed by atoms with van der Waals surface area (Å²) in [5.74, 6) is -0.0795. The van der Waals surface area contributed by atoms with Gasteiger partial charge in [-0.25, -0.2) is 9.69 Å². The number of likely N-dealkylation sites (tertiary alicyclic amines) is 1. The molecule has 0 unspecified atom stereocenters. The van der Waals surface area contributed by atoms with Gasteiger partial charge in [-0.1, -0.05) is 54.6 Å². The number of benzene rings is 3. The quantitative estimate of drug-likeness (QED) is 0.396. The first kappa shape index (κ1) is 24.7. The molecule has 0 aromatic heterocycles. The number of amides is 3. The van der Waals surface area contributed by atoms with Gasteiger partial charge in [-0.2, -0.15) is 0 Å². The Bertz CT molecular complexity index is 1290. The lowest BCUT2D eigenvalue weighted by Gasteiger charge is -2.41. The minimum absolute atomic E-state index is 0.0795. The summed E-state index contributed by atoms with van der Waals surface area (Å²) >= 11 is 0. The van der Waals surface area contributed by atoms with Gasteiger partial charge in [0, 0.05) is 45.0 Å². The summed E-state index contributed by atoms with van der Waals surface area (Å²) in [4.78, 5) is 35.7. The molecule has 3 aliphatic heterocycles. The van der Waals surface area contributed by atoms with Crippen LogP contribution >= 0.6 is 0 Å². The molecule has 3 aromatic rings. The molecule has 196 valence electrons. The van der Waals surface area contributed by atoms with E-state index < -0.39 is 5.54 Å². The summed E-state index contributed by atoms with van der Waals surface area (Å²) in [5.41, 5.74) is 4.57. The van der Waals surface area contributed by atoms with Crippen LogP contribution in [0.1, 0.15) is 38.2 Å². The number of imide groups is 1. The van der Waals surface area contributed by atoms with Gasteiger partial charge in [-0.15, -0.1) is 0 Å². The molecule has 0 bridgehead atoms. The lowest BCUT2D eigenvalue weighted by Crippen LogP contribution is -2.56. The summed E-state index contributed by atoms with van der Waals surface area (Å²) in [6, 6.07) is 26.6. The Labute approximate surface area is 225 Å². The number of rotatable bonds is 6. The van der Waals surface area contributed by atoms with E-state index in [1.807, 2.05) is 66.4 Å². The van der Waals surface area contributed by atoms with Crippen LogP contribution in [-0.2, 0) is 11.3 Å². The second kappa shape index (κ2) is 10.3. The number of piperidine rings is 1. The fourth-order valence-electron chi connectivity index (χ4n) is 6.45. The van der Waals surface area contributed by atoms with Gasteiger partial charge in [0.1, 0.15) is 5.54 Å². The number of hydrogen-bond acceptors (Lipinski definition) is 4. The minimum atomic E-state index is -0.759. The maximum absolute atomic E-state index is 14.0. The first-order chi connectivity index (χ1) is 18.6. The molecule has 3 aliphatic rings. The van der Waals surface area contributed by atoms with Gasteiger partial charge in [-0.05, 0) is 73.6 Å². The van der Waals surface area contributed by atoms with Crippen LogP contribution in [0.15, 0.2) is 78.9 Å². The third kappa shape index (κ3) is 4.37. The molecule has 0 radical (unpaired) electrons. The summed E-state index contributed by atoms with van der Waals surface area (Å²) in [7, 11) is 0. The molecule has 6 heteroatoms. The molecule has 3 heterocycles. The van der Waals surface area contributed by atoms with Crippen molar-refractivity contribution in [1.82, 2.24) is 9.80 Å². The molecule has 3 fully saturated rings. The van der Waals surface area contributed by atoms with Crippen LogP contribution in [0.2, 0.25) is 0 Å². The molecule has 6 nitrogen and oxygen atoms in total. The van der Waals surface area contributed by atoms with Gasteiger partial charge in [0.2, 0.25) is 0 Å². The van der Waals surface area contributed by atoms with Crippen LogP contribution < -0.4 is 9.80 Å². The highest BCUT2D eigenvalue weighted by atomic mass is 16.2. The van der Waals surface area contributed by atoms with Crippen LogP contribution in [-0.4, -0.2) is 60.0 Å². The van der Waals surface area contributed by atoms with Gasteiger partial charge in [0.05, 0.1) is 5.69 Å². The molecule has 0 N–H and O–H groups in total. The second-order valence-corrected chi connectivity index (χ2v) is 10.8. The van der Waals surface area contributed by atoms with Gasteiger partial charge in [0.25, 0.3) is 5.91 Å². The van der Waals surface area contributed by atoms with Crippen LogP contribution in [0, 0.1) is 0 Å². The first-order valence-electron chi connectivity index (χ1n) is 14.0. The summed E-state index contributed by atoms with van der Waals surface area (Å²) < 4.78 is 0. The highest BCUT2D eigenvalue weighted by molar-refractivity contribution is 6.23. The molecule has 38 heavy (non-hydrogen) atoms. The zero-order valence-corrected chi connectivity index (χ0v) is 22.2. The van der Waals surface area contributed by atoms with Crippen molar-refractivity contribution in [2.24, 2.45) is 0 Å². The predicted octanol–water partition coefficient (Wildman–Crippen LogP) is 5.78. The van der Waals surface area contributed by atoms with Crippen molar-refractivity contribution in [1.29, 1.82) is 0 Å². The van der Waals surface area contributed by atoms with Gasteiger partial charge in [-0.3, -0.25) is 9.69 Å². The molecular formula is C32H36N4O2. The largest absolute Gasteiger partial charge is 0.372 e. The zero-order chi connectivity index (χ0) is 26.1. The Morgan fingerprint density at radius 1 is 0.737 bits per heavy atom. The number of urea groups is 1. The number of carbonyl (C=O) groups excluding carboxylic acids is 2. The smallest absolute Gasteiger partial charge is 0.332 e. The normalized spacial score (nSPS) is 19.7. The molecule has 0 atom stereocenters. The highest BCUT2D eigenvalue weighted by Gasteiger charge is 2.57. The standard InChI is InChI=1S/C32H36N4O2/c1-2-35-31(38)36(29-12-8-11-27(23-29)26-9-4-3-5-10-26)30(37)32(35)17-21-33(22-18-32)24-25-13-15-28(16-14-25)34-19-6-7-20-34/h3-5,8-16,23H,2,6-7,17-22,24H2,1H3. The first-order valence-corrected chi connectivity index (χ1v) is 14.0. The zero-order valence-electron chi connectivity index (χ0n) is 22.2. The second-order valence-electron chi connectivity index (χ2n) is 10.8. The van der Waals surface area contributed by atoms with Crippen molar-refractivity contribution in [2.75, 3.05) is 42.5 Å². The monoisotopic (exact) mass is 508 g/mol. The van der Waals surface area contributed by atoms with E-state index in [9.17, 15) is 9.59 Å². The topological polar surface area (TPSA) is 47.1 Å². The third-order valence-electron chi connectivity index (χ3n) is 8.56. The van der Waals surface area contributed by atoms with Crippen molar-refractivity contribution in [3.05, 3.63) is 84.4 Å². The molecular weight excluding hydrogens is 472 g/mol. The Kier molecular flexibility index (Phi) is 6.66. The molecule has 0 aliphatic carbocycles. The fourth-order valence-corrected chi connectivity index (χ4v) is 6.45. The summed E-state index contributed by atoms with van der Waals surface area (Å²) in [6.07, 6.45) is 3.88. The minimum Gasteiger partial charge on any atom is -0.372 e. The lowest BCUT2D eigenvalue weighted by atomic mass is 9.85. The highest BCUT2D eigenvalue weighted by Crippen LogP contribution is 2.40. The van der Waals surface area contributed by atoms with Crippen LogP contribution in [0.4, 0.5) is 16.2 Å². The number of carbonyl (C=O) groups is 2. The molecule has 0 saturated carbocycles. The van der Waals surface area contributed by atoms with Crippen molar-refractivity contribution < 1.29 is 9.59 Å². The van der Waals surface area contributed by atoms with E-state index in [1.54, 1.807) is 0 Å². The molecule has 6 rings (SSSR count). The van der Waals surface area contributed by atoms with E-state index in [-0.39, 0.29) is 11.9 Å². The van der Waals surface area contributed by atoms with E-state index >= 15 is 0 Å². The maximum atomic E-state index is 14.0. The SMILES string of the molecule is CCN1C(=O)N(c2cccc(-c3ccccc3)c2)C(=O)C12CCN(Cc1ccc(N3CCCC3)cc1)CC2. The van der Waals surface area contributed by atoms with Crippen molar-refractivity contribution in [2.45, 2.75) is 44.7 Å². The van der Waals surface area contributed by atoms with Crippen molar-refractivity contribution in [3.63, 3.8) is 0 Å². The van der Waals surface area contributed by atoms with Crippen LogP contribution in [0.3, 0.4) is 0 Å². The van der Waals surface area contributed by atoms with Gasteiger partial charge in [0.15, 0.2) is 0 Å². The Morgan fingerprint density at radius 2 is 1.42 bits per heavy atom. The van der Waals surface area contributed by atoms with Gasteiger partial charge >= 0.3 is 6.03 Å². The van der Waals surface area contributed by atoms with E-state index in [2.05, 4.69) is 34.1 Å². The number of anilines is 2. The van der Waals surface area contributed by atoms with E-state index in [1.165, 1.54) is 29.0 Å². The molecule has 1 spiro atoms. The van der Waals surface area contributed by atoms with E-state index in [4.69, 9.17) is 0 Å². The third-order valence-corrected chi connectivity index (χ3v) is 8.56. The summed E-state index contributed by atoms with van der Waals surface area (Å²) in [6.45, 7) is 7.27. The Hall–Kier alpha value is -3.64. The average molecular weight is 509 g/mol. The van der Waals surface area contributed by atoms with Crippen molar-refractivity contribution in [3.8, 4) is 11.1 Å². The molecule has 3 amide bonds. The van der Waals surface area contributed by atoms with Gasteiger partial charge < -0.3 is 9.80 Å². The molecule has 3 saturated heterocycles. The van der Waals surface area contributed by atoms with Crippen LogP contribution in [0.5, 0.6) is 0 Å². The number of nitrogens with zero attached hydrogens (tertiary/aromatic N) is 4. The fraction of sp³-hybridized carbons (Fsp3) is 0.375. The average Bonchev–Trinajstić information content (AvgIpc) is 3.57. The van der Waals surface area contributed by atoms with Crippen molar-refractivity contribution >= 4 is 23.3 Å². The molecule has 3 aromatic carbocycles. The number of likely N-dealkylation sites (N-methyl/N-ethyl adjacent to an activating group) is 1. The summed E-state index contributed by atoms with van der Waals surface area (Å²) in [5, 5.41) is 0. The maximum Gasteiger partial charge on any atom is 0.332 e. The van der Waals surface area contributed by atoms with Crippen LogP contribution in [0.25, 0.3) is 11.1 Å². The van der Waals surface area contributed by atoms with E-state index in [0.717, 1.165) is 43.9 Å². The van der Waals surface area contributed by atoms with E-state index in [0.29, 0.717) is 25.1 Å². The number of hydrogen-bond donors (Lipinski definition) is 0. The Balaban J connectivity index is 1.17. The Morgan fingerprint density at radius 3 is 2.11 bits per heavy atom. The lowest BCUT2D eigenvalue weighted by molar-refractivity contribution is -0.127.